The lowest BCUT2D eigenvalue weighted by molar-refractivity contribution is 0.275. The van der Waals surface area contributed by atoms with Crippen molar-refractivity contribution in [2.45, 2.75) is 59.4 Å². The second kappa shape index (κ2) is 3.86. The maximum Gasteiger partial charge on any atom is 0.235 e. The van der Waals surface area contributed by atoms with Crippen LogP contribution in [0.25, 0.3) is 0 Å². The number of isocyanates is 1. The largest absolute Gasteiger partial charge is 0.235 e. The molecule has 0 bridgehead atoms. The Bertz CT molecular complexity index is 231. The first-order valence-corrected chi connectivity index (χ1v) is 5.42. The van der Waals surface area contributed by atoms with E-state index in [2.05, 4.69) is 32.7 Å². The molecule has 0 aromatic rings. The highest BCUT2D eigenvalue weighted by Gasteiger charge is 2.34. The Hall–Kier alpha value is -0.620. The van der Waals surface area contributed by atoms with E-state index in [-0.39, 0.29) is 6.04 Å². The van der Waals surface area contributed by atoms with Gasteiger partial charge in [-0.25, -0.2) is 9.79 Å². The molecule has 0 aromatic carbocycles. The average Bonchev–Trinajstić information content (AvgIpc) is 2.08. The van der Waals surface area contributed by atoms with Gasteiger partial charge in [0.2, 0.25) is 6.08 Å². The van der Waals surface area contributed by atoms with Gasteiger partial charge in [0.1, 0.15) is 0 Å². The molecule has 14 heavy (non-hydrogen) atoms. The van der Waals surface area contributed by atoms with Crippen molar-refractivity contribution in [1.29, 1.82) is 0 Å². The molecule has 0 atom stereocenters. The molecule has 0 N–H and O–H groups in total. The predicted molar refractivity (Wildman–Crippen MR) is 57.9 cm³/mol. The van der Waals surface area contributed by atoms with E-state index in [0.717, 1.165) is 12.8 Å². The number of rotatable bonds is 1. The summed E-state index contributed by atoms with van der Waals surface area (Å²) in [4.78, 5) is 14.2. The van der Waals surface area contributed by atoms with Crippen molar-refractivity contribution in [3.63, 3.8) is 0 Å². The van der Waals surface area contributed by atoms with Crippen LogP contribution in [0.4, 0.5) is 0 Å². The molecule has 1 fully saturated rings. The zero-order valence-electron chi connectivity index (χ0n) is 9.76. The van der Waals surface area contributed by atoms with Gasteiger partial charge in [-0.05, 0) is 36.5 Å². The molecule has 0 aromatic heterocycles. The molecule has 0 radical (unpaired) electrons. The molecule has 2 heteroatoms. The van der Waals surface area contributed by atoms with Crippen molar-refractivity contribution < 1.29 is 4.79 Å². The number of hydrogen-bond donors (Lipinski definition) is 0. The average molecular weight is 195 g/mol. The van der Waals surface area contributed by atoms with E-state index in [9.17, 15) is 4.79 Å². The van der Waals surface area contributed by atoms with Crippen molar-refractivity contribution in [1.82, 2.24) is 0 Å². The van der Waals surface area contributed by atoms with Gasteiger partial charge in [0.15, 0.2) is 0 Å². The third-order valence-electron chi connectivity index (χ3n) is 3.29. The van der Waals surface area contributed by atoms with Gasteiger partial charge in [-0.1, -0.05) is 27.7 Å². The Kier molecular flexibility index (Phi) is 3.16. The topological polar surface area (TPSA) is 29.4 Å². The van der Waals surface area contributed by atoms with E-state index >= 15 is 0 Å². The first kappa shape index (κ1) is 11.5. The maximum atomic E-state index is 10.3. The second-order valence-electron chi connectivity index (χ2n) is 6.11. The van der Waals surface area contributed by atoms with Crippen molar-refractivity contribution in [3.8, 4) is 0 Å². The van der Waals surface area contributed by atoms with Crippen LogP contribution in [-0.4, -0.2) is 12.1 Å². The summed E-state index contributed by atoms with van der Waals surface area (Å²) in [6.07, 6.45) is 6.21. The molecule has 1 aliphatic carbocycles. The summed E-state index contributed by atoms with van der Waals surface area (Å²) >= 11 is 0. The molecular weight excluding hydrogens is 174 g/mol. The lowest BCUT2D eigenvalue weighted by Crippen LogP contribution is -2.18. The highest BCUT2D eigenvalue weighted by Crippen LogP contribution is 2.42. The van der Waals surface area contributed by atoms with Crippen molar-refractivity contribution in [2.24, 2.45) is 15.8 Å². The molecule has 80 valence electrons. The summed E-state index contributed by atoms with van der Waals surface area (Å²) in [5, 5.41) is 0. The minimum Gasteiger partial charge on any atom is -0.211 e. The lowest BCUT2D eigenvalue weighted by atomic mass is 9.81. The van der Waals surface area contributed by atoms with E-state index in [0.29, 0.717) is 10.8 Å². The van der Waals surface area contributed by atoms with Crippen molar-refractivity contribution in [2.75, 3.05) is 0 Å². The first-order valence-electron chi connectivity index (χ1n) is 5.42. The van der Waals surface area contributed by atoms with Crippen LogP contribution in [0.15, 0.2) is 4.99 Å². The van der Waals surface area contributed by atoms with Gasteiger partial charge in [-0.15, -0.1) is 0 Å². The molecule has 0 saturated heterocycles. The summed E-state index contributed by atoms with van der Waals surface area (Å²) in [6, 6.07) is 0.181. The summed E-state index contributed by atoms with van der Waals surface area (Å²) in [7, 11) is 0. The lowest BCUT2D eigenvalue weighted by Gasteiger charge is -2.24. The Morgan fingerprint density at radius 1 is 1.07 bits per heavy atom. The van der Waals surface area contributed by atoms with Crippen LogP contribution >= 0.6 is 0 Å². The van der Waals surface area contributed by atoms with Crippen LogP contribution in [0.3, 0.4) is 0 Å². The Morgan fingerprint density at radius 2 is 1.50 bits per heavy atom. The first-order chi connectivity index (χ1) is 6.35. The van der Waals surface area contributed by atoms with Gasteiger partial charge in [0, 0.05) is 0 Å². The van der Waals surface area contributed by atoms with Crippen LogP contribution < -0.4 is 0 Å². The number of hydrogen-bond acceptors (Lipinski definition) is 2. The van der Waals surface area contributed by atoms with Crippen LogP contribution in [-0.2, 0) is 4.79 Å². The van der Waals surface area contributed by atoms with Gasteiger partial charge in [0.25, 0.3) is 0 Å². The standard InChI is InChI=1S/C12H21NO/c1-11(2)5-6-12(3,4)8-10(7-11)13-9-14/h10H,5-8H2,1-4H3. The molecule has 1 saturated carbocycles. The third kappa shape index (κ3) is 3.26. The zero-order valence-corrected chi connectivity index (χ0v) is 9.76. The summed E-state index contributed by atoms with van der Waals surface area (Å²) < 4.78 is 0. The van der Waals surface area contributed by atoms with E-state index in [4.69, 9.17) is 0 Å². The van der Waals surface area contributed by atoms with E-state index in [1.54, 1.807) is 6.08 Å². The van der Waals surface area contributed by atoms with Crippen molar-refractivity contribution in [3.05, 3.63) is 0 Å². The quantitative estimate of drug-likeness (QED) is 0.358. The normalized spacial score (nSPS) is 26.3. The number of carbonyl (C=O) groups excluding carboxylic acids is 1. The molecule has 2 nitrogen and oxygen atoms in total. The van der Waals surface area contributed by atoms with Crippen LogP contribution in [0.5, 0.6) is 0 Å². The molecule has 1 rings (SSSR count). The molecule has 0 amide bonds. The fourth-order valence-corrected chi connectivity index (χ4v) is 2.39. The van der Waals surface area contributed by atoms with Gasteiger partial charge in [-0.3, -0.25) is 0 Å². The van der Waals surface area contributed by atoms with Crippen LogP contribution in [0, 0.1) is 10.8 Å². The molecule has 1 aliphatic rings. The second-order valence-corrected chi connectivity index (χ2v) is 6.11. The highest BCUT2D eigenvalue weighted by molar-refractivity contribution is 5.33. The summed E-state index contributed by atoms with van der Waals surface area (Å²) in [5.74, 6) is 0. The zero-order chi connectivity index (χ0) is 10.8. The summed E-state index contributed by atoms with van der Waals surface area (Å²) in [5.41, 5.74) is 0.636. The molecule has 0 spiro atoms. The Labute approximate surface area is 86.8 Å². The SMILES string of the molecule is CC1(C)CCC(C)(C)CC(N=C=O)C1. The van der Waals surface area contributed by atoms with Gasteiger partial charge in [-0.2, -0.15) is 0 Å². The number of nitrogens with zero attached hydrogens (tertiary/aromatic N) is 1. The Balaban J connectivity index is 2.80. The highest BCUT2D eigenvalue weighted by atomic mass is 16.1. The monoisotopic (exact) mass is 195 g/mol. The van der Waals surface area contributed by atoms with E-state index < -0.39 is 0 Å². The van der Waals surface area contributed by atoms with E-state index in [1.807, 2.05) is 0 Å². The minimum absolute atomic E-state index is 0.181. The number of aliphatic imine (C=N–C) groups is 1. The molecule has 0 heterocycles. The molecule has 0 aliphatic heterocycles. The van der Waals surface area contributed by atoms with Crippen LogP contribution in [0.2, 0.25) is 0 Å². The fourth-order valence-electron chi connectivity index (χ4n) is 2.39. The van der Waals surface area contributed by atoms with Gasteiger partial charge in [0.05, 0.1) is 6.04 Å². The summed E-state index contributed by atoms with van der Waals surface area (Å²) in [6.45, 7) is 9.06. The smallest absolute Gasteiger partial charge is 0.211 e. The van der Waals surface area contributed by atoms with E-state index in [1.165, 1.54) is 12.8 Å². The fraction of sp³-hybridized carbons (Fsp3) is 0.917. The molecular formula is C12H21NO. The van der Waals surface area contributed by atoms with Gasteiger partial charge >= 0.3 is 0 Å². The van der Waals surface area contributed by atoms with Crippen LogP contribution in [0.1, 0.15) is 53.4 Å². The molecule has 0 unspecified atom stereocenters. The van der Waals surface area contributed by atoms with Gasteiger partial charge < -0.3 is 0 Å². The Morgan fingerprint density at radius 3 is 1.86 bits per heavy atom. The predicted octanol–water partition coefficient (Wildman–Crippen LogP) is 3.32. The minimum atomic E-state index is 0.181. The third-order valence-corrected chi connectivity index (χ3v) is 3.29. The maximum absolute atomic E-state index is 10.3. The van der Waals surface area contributed by atoms with Crippen molar-refractivity contribution >= 4 is 6.08 Å².